The molecule has 0 unspecified atom stereocenters. The Bertz CT molecular complexity index is 440. The molecule has 0 aliphatic carbocycles. The average molecular weight is 193 g/mol. The number of benzene rings is 2. The van der Waals surface area contributed by atoms with E-state index < -0.39 is 6.61 Å². The summed E-state index contributed by atoms with van der Waals surface area (Å²) in [5.41, 5.74) is 0. The van der Waals surface area contributed by atoms with Crippen LogP contribution in [0.4, 0.5) is 8.78 Å². The van der Waals surface area contributed by atoms with Crippen LogP contribution in [0.1, 0.15) is 0 Å². The van der Waals surface area contributed by atoms with E-state index in [1.54, 1.807) is 12.1 Å². The second-order valence-electron chi connectivity index (χ2n) is 2.80. The Morgan fingerprint density at radius 2 is 1.86 bits per heavy atom. The van der Waals surface area contributed by atoms with Crippen molar-refractivity contribution in [3.8, 4) is 5.75 Å². The van der Waals surface area contributed by atoms with Crippen LogP contribution in [0.3, 0.4) is 0 Å². The van der Waals surface area contributed by atoms with Crippen molar-refractivity contribution < 1.29 is 13.5 Å². The Labute approximate surface area is 79.9 Å². The Balaban J connectivity index is 2.41. The average Bonchev–Trinajstić information content (AvgIpc) is 2.17. The lowest BCUT2D eigenvalue weighted by Crippen LogP contribution is -2.01. The predicted molar refractivity (Wildman–Crippen MR) is 49.4 cm³/mol. The summed E-state index contributed by atoms with van der Waals surface area (Å²) in [6.07, 6.45) is 0. The van der Waals surface area contributed by atoms with Gasteiger partial charge in [0.15, 0.2) is 0 Å². The zero-order chi connectivity index (χ0) is 9.97. The molecule has 0 aliphatic rings. The highest BCUT2D eigenvalue weighted by Crippen LogP contribution is 2.21. The van der Waals surface area contributed by atoms with Crippen molar-refractivity contribution in [3.05, 3.63) is 42.5 Å². The van der Waals surface area contributed by atoms with E-state index in [1.807, 2.05) is 24.3 Å². The Morgan fingerprint density at radius 1 is 1.14 bits per heavy atom. The minimum absolute atomic E-state index is 0.0682. The number of fused-ring (bicyclic) bond motifs is 1. The molecule has 3 heteroatoms. The van der Waals surface area contributed by atoms with Crippen molar-refractivity contribution in [3.63, 3.8) is 0 Å². The van der Waals surface area contributed by atoms with Gasteiger partial charge in [-0.2, -0.15) is 8.78 Å². The highest BCUT2D eigenvalue weighted by Gasteiger charge is 2.04. The van der Waals surface area contributed by atoms with Crippen molar-refractivity contribution in [2.45, 2.75) is 6.61 Å². The van der Waals surface area contributed by atoms with Gasteiger partial charge < -0.3 is 4.74 Å². The smallest absolute Gasteiger partial charge is 0.387 e. The van der Waals surface area contributed by atoms with Crippen LogP contribution >= 0.6 is 0 Å². The van der Waals surface area contributed by atoms with Crippen LogP contribution in [-0.2, 0) is 0 Å². The zero-order valence-electron chi connectivity index (χ0n) is 7.21. The third kappa shape index (κ3) is 1.82. The van der Waals surface area contributed by atoms with E-state index in [1.165, 1.54) is 0 Å². The monoisotopic (exact) mass is 193 g/mol. The summed E-state index contributed by atoms with van der Waals surface area (Å²) >= 11 is 0. The van der Waals surface area contributed by atoms with Gasteiger partial charge in [-0.1, -0.05) is 24.3 Å². The SMILES string of the molecule is FC(F)Oc1[c]cc2ccccc2c1. The minimum atomic E-state index is -2.80. The molecule has 71 valence electrons. The number of alkyl halides is 2. The van der Waals surface area contributed by atoms with E-state index in [-0.39, 0.29) is 5.75 Å². The molecule has 0 aliphatic heterocycles. The summed E-state index contributed by atoms with van der Waals surface area (Å²) in [5, 5.41) is 1.82. The molecule has 0 atom stereocenters. The molecule has 0 spiro atoms. The highest BCUT2D eigenvalue weighted by atomic mass is 19.3. The first-order valence-electron chi connectivity index (χ1n) is 4.11. The van der Waals surface area contributed by atoms with E-state index >= 15 is 0 Å². The van der Waals surface area contributed by atoms with Crippen molar-refractivity contribution in [1.29, 1.82) is 0 Å². The lowest BCUT2D eigenvalue weighted by atomic mass is 10.1. The van der Waals surface area contributed by atoms with E-state index in [0.29, 0.717) is 0 Å². The fourth-order valence-corrected chi connectivity index (χ4v) is 1.27. The predicted octanol–water partition coefficient (Wildman–Crippen LogP) is 3.24. The maximum atomic E-state index is 11.9. The highest BCUT2D eigenvalue weighted by molar-refractivity contribution is 5.83. The van der Waals surface area contributed by atoms with E-state index in [9.17, 15) is 8.78 Å². The van der Waals surface area contributed by atoms with Gasteiger partial charge in [-0.3, -0.25) is 0 Å². The first-order chi connectivity index (χ1) is 6.75. The fraction of sp³-hybridized carbons (Fsp3) is 0.0909. The van der Waals surface area contributed by atoms with Gasteiger partial charge in [0.2, 0.25) is 0 Å². The number of halogens is 2. The number of hydrogen-bond acceptors (Lipinski definition) is 1. The zero-order valence-corrected chi connectivity index (χ0v) is 7.21. The van der Waals surface area contributed by atoms with E-state index in [4.69, 9.17) is 0 Å². The molecule has 0 amide bonds. The van der Waals surface area contributed by atoms with Crippen LogP contribution in [0.25, 0.3) is 10.8 Å². The summed E-state index contributed by atoms with van der Waals surface area (Å²) in [6, 6.07) is 13.3. The lowest BCUT2D eigenvalue weighted by molar-refractivity contribution is -0.0499. The number of hydrogen-bond donors (Lipinski definition) is 0. The molecular formula is C11H7F2O. The van der Waals surface area contributed by atoms with Crippen LogP contribution in [0.2, 0.25) is 0 Å². The molecule has 2 aromatic rings. The van der Waals surface area contributed by atoms with Gasteiger partial charge in [0.25, 0.3) is 0 Å². The molecule has 2 aromatic carbocycles. The van der Waals surface area contributed by atoms with Crippen molar-refractivity contribution in [2.24, 2.45) is 0 Å². The van der Waals surface area contributed by atoms with Crippen molar-refractivity contribution in [1.82, 2.24) is 0 Å². The molecule has 0 fully saturated rings. The van der Waals surface area contributed by atoms with Gasteiger partial charge in [0.05, 0.1) is 0 Å². The van der Waals surface area contributed by atoms with Crippen LogP contribution in [0.5, 0.6) is 5.75 Å². The molecule has 0 bridgehead atoms. The van der Waals surface area contributed by atoms with E-state index in [0.717, 1.165) is 10.8 Å². The summed E-state index contributed by atoms with van der Waals surface area (Å²) in [4.78, 5) is 0. The molecule has 0 aromatic heterocycles. The molecule has 0 saturated carbocycles. The largest absolute Gasteiger partial charge is 0.434 e. The quantitative estimate of drug-likeness (QED) is 0.711. The van der Waals surface area contributed by atoms with Crippen LogP contribution in [0.15, 0.2) is 36.4 Å². The maximum absolute atomic E-state index is 11.9. The summed E-state index contributed by atoms with van der Waals surface area (Å²) in [7, 11) is 0. The van der Waals surface area contributed by atoms with Gasteiger partial charge in [0.1, 0.15) is 5.75 Å². The minimum Gasteiger partial charge on any atom is -0.434 e. The normalized spacial score (nSPS) is 10.8. The van der Waals surface area contributed by atoms with Gasteiger partial charge in [-0.05, 0) is 22.9 Å². The molecule has 2 rings (SSSR count). The maximum Gasteiger partial charge on any atom is 0.387 e. The van der Waals surface area contributed by atoms with Crippen molar-refractivity contribution in [2.75, 3.05) is 0 Å². The van der Waals surface area contributed by atoms with Crippen molar-refractivity contribution >= 4 is 10.8 Å². The summed E-state index contributed by atoms with van der Waals surface area (Å²) in [6.45, 7) is -2.80. The lowest BCUT2D eigenvalue weighted by Gasteiger charge is -2.04. The molecular weight excluding hydrogens is 186 g/mol. The molecule has 0 N–H and O–H groups in total. The Morgan fingerprint density at radius 3 is 2.57 bits per heavy atom. The van der Waals surface area contributed by atoms with Gasteiger partial charge >= 0.3 is 6.61 Å². The Hall–Kier alpha value is -1.64. The molecule has 0 saturated heterocycles. The van der Waals surface area contributed by atoms with E-state index in [2.05, 4.69) is 10.8 Å². The topological polar surface area (TPSA) is 9.23 Å². The van der Waals surface area contributed by atoms with Gasteiger partial charge in [-0.25, -0.2) is 0 Å². The number of ether oxygens (including phenoxy) is 1. The summed E-state index contributed by atoms with van der Waals surface area (Å²) < 4.78 is 28.0. The van der Waals surface area contributed by atoms with Crippen LogP contribution < -0.4 is 4.74 Å². The molecule has 1 nitrogen and oxygen atoms in total. The molecule has 1 radical (unpaired) electrons. The summed E-state index contributed by atoms with van der Waals surface area (Å²) in [5.74, 6) is 0.0682. The molecule has 14 heavy (non-hydrogen) atoms. The second kappa shape index (κ2) is 3.62. The standard InChI is InChI=1S/C11H7F2O/c12-11(13)14-10-6-5-8-3-1-2-4-9(8)7-10/h1-5,7,11H. The van der Waals surface area contributed by atoms with Crippen LogP contribution in [-0.4, -0.2) is 6.61 Å². The van der Waals surface area contributed by atoms with Crippen LogP contribution in [0, 0.1) is 6.07 Å². The third-order valence-corrected chi connectivity index (χ3v) is 1.87. The fourth-order valence-electron chi connectivity index (χ4n) is 1.27. The first-order valence-corrected chi connectivity index (χ1v) is 4.11. The third-order valence-electron chi connectivity index (χ3n) is 1.87. The molecule has 0 heterocycles. The number of rotatable bonds is 2. The first kappa shape index (κ1) is 8.94. The van der Waals surface area contributed by atoms with Gasteiger partial charge in [0, 0.05) is 6.07 Å². The Kier molecular flexibility index (Phi) is 2.31. The second-order valence-corrected chi connectivity index (χ2v) is 2.80. The van der Waals surface area contributed by atoms with Gasteiger partial charge in [-0.15, -0.1) is 0 Å².